The van der Waals surface area contributed by atoms with Gasteiger partial charge in [0.1, 0.15) is 18.0 Å². The number of hydrogen-bond acceptors (Lipinski definition) is 6. The van der Waals surface area contributed by atoms with Gasteiger partial charge in [-0.15, -0.1) is 0 Å². The van der Waals surface area contributed by atoms with Crippen molar-refractivity contribution in [1.82, 2.24) is 19.5 Å². The Morgan fingerprint density at radius 3 is 2.74 bits per heavy atom. The molecule has 0 bridgehead atoms. The van der Waals surface area contributed by atoms with Crippen LogP contribution in [0.5, 0.6) is 5.75 Å². The summed E-state index contributed by atoms with van der Waals surface area (Å²) < 4.78 is 10.2. The summed E-state index contributed by atoms with van der Waals surface area (Å²) in [6.07, 6.45) is 10.1. The minimum absolute atomic E-state index is 0.553. The van der Waals surface area contributed by atoms with Crippen LogP contribution in [-0.2, 0) is 7.05 Å². The molecule has 0 amide bonds. The average Bonchev–Trinajstić information content (AvgIpc) is 3.60. The summed E-state index contributed by atoms with van der Waals surface area (Å²) in [6.45, 7) is 7.45. The molecule has 0 radical (unpaired) electrons. The molecule has 3 aromatic heterocycles. The van der Waals surface area contributed by atoms with Crippen LogP contribution >= 0.6 is 0 Å². The van der Waals surface area contributed by atoms with Crippen LogP contribution in [0, 0.1) is 0 Å². The molecule has 38 heavy (non-hydrogen) atoms. The molecule has 1 atom stereocenters. The first kappa shape index (κ1) is 24.7. The van der Waals surface area contributed by atoms with Crippen LogP contribution in [-0.4, -0.2) is 58.3 Å². The number of nitrogens with one attached hydrogen (secondary N) is 1. The molecule has 1 unspecified atom stereocenters. The monoisotopic (exact) mass is 512 g/mol. The average molecular weight is 513 g/mol. The van der Waals surface area contributed by atoms with E-state index in [1.165, 1.54) is 51.0 Å². The molecule has 5 heterocycles. The smallest absolute Gasteiger partial charge is 0.226 e. The van der Waals surface area contributed by atoms with Crippen molar-refractivity contribution in [2.75, 3.05) is 43.0 Å². The fourth-order valence-electron chi connectivity index (χ4n) is 5.77. The summed E-state index contributed by atoms with van der Waals surface area (Å²) in [7, 11) is 2.12. The van der Waals surface area contributed by atoms with Crippen molar-refractivity contribution < 1.29 is 9.30 Å². The van der Waals surface area contributed by atoms with E-state index in [4.69, 9.17) is 9.84 Å². The number of rotatable bonds is 8. The highest BCUT2D eigenvalue weighted by Crippen LogP contribution is 2.29. The number of ether oxygens (including phenoxy) is 1. The van der Waals surface area contributed by atoms with E-state index in [1.54, 1.807) is 6.20 Å². The van der Waals surface area contributed by atoms with Crippen molar-refractivity contribution >= 4 is 23.0 Å². The quantitative estimate of drug-likeness (QED) is 0.342. The van der Waals surface area contributed by atoms with E-state index in [1.807, 2.05) is 22.8 Å². The van der Waals surface area contributed by atoms with E-state index in [0.717, 1.165) is 47.2 Å². The Balaban J connectivity index is 1.24. The molecule has 2 saturated heterocycles. The highest BCUT2D eigenvalue weighted by atomic mass is 16.5. The number of hydrogen-bond donors (Lipinski definition) is 1. The van der Waals surface area contributed by atoms with Crippen LogP contribution in [0.3, 0.4) is 0 Å². The number of pyridine rings is 1. The lowest BCUT2D eigenvalue weighted by Crippen LogP contribution is -2.42. The highest BCUT2D eigenvalue weighted by molar-refractivity contribution is 5.76. The second kappa shape index (κ2) is 11.0. The van der Waals surface area contributed by atoms with Crippen LogP contribution in [0.4, 0.5) is 17.3 Å². The van der Waals surface area contributed by atoms with Crippen molar-refractivity contribution in [1.29, 1.82) is 0 Å². The first-order valence-electron chi connectivity index (χ1n) is 14.0. The maximum atomic E-state index is 6.14. The van der Waals surface area contributed by atoms with E-state index in [2.05, 4.69) is 75.0 Å². The van der Waals surface area contributed by atoms with Crippen LogP contribution in [0.2, 0.25) is 0 Å². The Morgan fingerprint density at radius 1 is 1.03 bits per heavy atom. The van der Waals surface area contributed by atoms with Gasteiger partial charge in [0.15, 0.2) is 5.65 Å². The Bertz CT molecular complexity index is 1390. The zero-order valence-corrected chi connectivity index (χ0v) is 22.5. The van der Waals surface area contributed by atoms with Gasteiger partial charge in [0, 0.05) is 42.7 Å². The molecule has 0 saturated carbocycles. The molecule has 198 valence electrons. The van der Waals surface area contributed by atoms with Crippen molar-refractivity contribution in [3.63, 3.8) is 0 Å². The summed E-state index contributed by atoms with van der Waals surface area (Å²) in [5.74, 6) is 3.11. The molecule has 8 nitrogen and oxygen atoms in total. The van der Waals surface area contributed by atoms with Crippen LogP contribution in [0.1, 0.15) is 39.0 Å². The standard InChI is InChI=1S/C30H37N7O/c1-23-9-8-17-36(23)29-13-7-12-28(34(29)2)32-27-22-26(33-37-18-14-31-30(27)37)24-10-6-11-25(21-24)38-20-19-35-15-4-3-5-16-35/h6-7,10-14,18,21-23H,3-5,8-9,15-17,19-20H2,1-2H3/p+1. The van der Waals surface area contributed by atoms with Gasteiger partial charge in [-0.2, -0.15) is 5.10 Å². The first-order valence-corrected chi connectivity index (χ1v) is 14.0. The number of piperidine rings is 1. The maximum absolute atomic E-state index is 6.14. The predicted octanol–water partition coefficient (Wildman–Crippen LogP) is 4.82. The topological polar surface area (TPSA) is 61.8 Å². The van der Waals surface area contributed by atoms with Crippen LogP contribution < -0.4 is 19.5 Å². The molecule has 6 rings (SSSR count). The van der Waals surface area contributed by atoms with Crippen molar-refractivity contribution in [2.45, 2.75) is 45.1 Å². The van der Waals surface area contributed by atoms with Crippen molar-refractivity contribution in [3.05, 3.63) is 60.9 Å². The summed E-state index contributed by atoms with van der Waals surface area (Å²) in [5, 5.41) is 8.50. The van der Waals surface area contributed by atoms with Gasteiger partial charge in [-0.3, -0.25) is 15.1 Å². The fourth-order valence-corrected chi connectivity index (χ4v) is 5.77. The normalized spacial score (nSPS) is 18.3. The molecule has 2 aliphatic heterocycles. The van der Waals surface area contributed by atoms with Gasteiger partial charge < -0.3 is 4.74 Å². The van der Waals surface area contributed by atoms with Gasteiger partial charge >= 0.3 is 0 Å². The summed E-state index contributed by atoms with van der Waals surface area (Å²) >= 11 is 0. The van der Waals surface area contributed by atoms with Gasteiger partial charge in [-0.1, -0.05) is 18.6 Å². The lowest BCUT2D eigenvalue weighted by Gasteiger charge is -2.26. The van der Waals surface area contributed by atoms with E-state index < -0.39 is 0 Å². The number of anilines is 3. The third kappa shape index (κ3) is 5.18. The van der Waals surface area contributed by atoms with E-state index in [9.17, 15) is 0 Å². The third-order valence-corrected chi connectivity index (χ3v) is 7.93. The number of likely N-dealkylation sites (tertiary alicyclic amines) is 1. The number of imidazole rings is 1. The van der Waals surface area contributed by atoms with Crippen molar-refractivity contribution in [2.24, 2.45) is 7.05 Å². The van der Waals surface area contributed by atoms with Gasteiger partial charge in [0.2, 0.25) is 11.6 Å². The molecule has 8 heteroatoms. The number of aromatic nitrogens is 4. The second-order valence-corrected chi connectivity index (χ2v) is 10.6. The number of fused-ring (bicyclic) bond motifs is 1. The molecular formula is C30H38N7O+. The molecule has 0 spiro atoms. The zero-order chi connectivity index (χ0) is 25.9. The predicted molar refractivity (Wildman–Crippen MR) is 151 cm³/mol. The van der Waals surface area contributed by atoms with Gasteiger partial charge in [0.05, 0.1) is 25.3 Å². The summed E-state index contributed by atoms with van der Waals surface area (Å²) in [5.41, 5.74) is 3.59. The minimum Gasteiger partial charge on any atom is -0.492 e. The van der Waals surface area contributed by atoms with Crippen LogP contribution in [0.25, 0.3) is 16.9 Å². The van der Waals surface area contributed by atoms with E-state index in [0.29, 0.717) is 12.6 Å². The zero-order valence-electron chi connectivity index (χ0n) is 22.5. The molecule has 1 aromatic carbocycles. The van der Waals surface area contributed by atoms with E-state index >= 15 is 0 Å². The SMILES string of the molecule is CC1CCCN1c1cccc(Nc2cc(-c3cccc(OCCN4CCCCC4)c3)nn3ccnc23)[n+]1C. The van der Waals surface area contributed by atoms with Crippen molar-refractivity contribution in [3.8, 4) is 17.0 Å². The highest BCUT2D eigenvalue weighted by Gasteiger charge is 2.28. The third-order valence-electron chi connectivity index (χ3n) is 7.93. The van der Waals surface area contributed by atoms with Gasteiger partial charge in [0.25, 0.3) is 0 Å². The molecular weight excluding hydrogens is 474 g/mol. The molecule has 1 N–H and O–H groups in total. The van der Waals surface area contributed by atoms with Gasteiger partial charge in [-0.25, -0.2) is 14.1 Å². The number of nitrogens with zero attached hydrogens (tertiary/aromatic N) is 6. The largest absolute Gasteiger partial charge is 0.492 e. The molecule has 4 aromatic rings. The molecule has 2 aliphatic rings. The number of benzene rings is 1. The molecule has 0 aliphatic carbocycles. The maximum Gasteiger partial charge on any atom is 0.226 e. The fraction of sp³-hybridized carbons (Fsp3) is 0.433. The van der Waals surface area contributed by atoms with Gasteiger partial charge in [-0.05, 0) is 63.9 Å². The summed E-state index contributed by atoms with van der Waals surface area (Å²) in [6, 6.07) is 17.3. The Labute approximate surface area is 224 Å². The lowest BCUT2D eigenvalue weighted by molar-refractivity contribution is -0.644. The molecule has 2 fully saturated rings. The van der Waals surface area contributed by atoms with Crippen LogP contribution in [0.15, 0.2) is 60.9 Å². The Hall–Kier alpha value is -3.65. The summed E-state index contributed by atoms with van der Waals surface area (Å²) in [4.78, 5) is 9.57. The van der Waals surface area contributed by atoms with E-state index in [-0.39, 0.29) is 0 Å². The lowest BCUT2D eigenvalue weighted by atomic mass is 10.1. The minimum atomic E-state index is 0.553. The Kier molecular flexibility index (Phi) is 7.14. The first-order chi connectivity index (χ1) is 18.7. The Morgan fingerprint density at radius 2 is 1.89 bits per heavy atom. The second-order valence-electron chi connectivity index (χ2n) is 10.6.